The maximum atomic E-state index is 12.7. The van der Waals surface area contributed by atoms with Crippen LogP contribution in [0.2, 0.25) is 5.02 Å². The average Bonchev–Trinajstić information content (AvgIpc) is 3.68. The van der Waals surface area contributed by atoms with Crippen LogP contribution in [0.3, 0.4) is 0 Å². The van der Waals surface area contributed by atoms with Gasteiger partial charge in [0.05, 0.1) is 21.3 Å². The molecule has 1 saturated heterocycles. The molecule has 1 unspecified atom stereocenters. The largest absolute Gasteiger partial charge is 0.479 e. The zero-order valence-corrected chi connectivity index (χ0v) is 27.8. The highest BCUT2D eigenvalue weighted by molar-refractivity contribution is 7.22. The molecule has 3 aromatic carbocycles. The minimum Gasteiger partial charge on any atom is -0.479 e. The zero-order chi connectivity index (χ0) is 31.5. The number of halogens is 1. The maximum absolute atomic E-state index is 12.7. The van der Waals surface area contributed by atoms with Gasteiger partial charge in [-0.2, -0.15) is 5.10 Å². The quantitative estimate of drug-likeness (QED) is 0.198. The fraction of sp³-hybridized carbons (Fsp3) is 0.382. The number of nitrogens with zero attached hydrogens (tertiary/aromatic N) is 5. The van der Waals surface area contributed by atoms with E-state index in [2.05, 4.69) is 42.1 Å². The summed E-state index contributed by atoms with van der Waals surface area (Å²) in [5.74, 6) is -0.0336. The molecule has 0 radical (unpaired) electrons. The van der Waals surface area contributed by atoms with Gasteiger partial charge in [0.2, 0.25) is 0 Å². The number of hydrogen-bond acceptors (Lipinski definition) is 7. The number of aliphatic carboxylic acids is 1. The van der Waals surface area contributed by atoms with E-state index in [0.29, 0.717) is 16.6 Å². The zero-order valence-electron chi connectivity index (χ0n) is 26.2. The number of ether oxygens (including phenoxy) is 1. The summed E-state index contributed by atoms with van der Waals surface area (Å²) < 4.78 is 9.03. The number of carboxylic acids is 1. The first-order valence-corrected chi connectivity index (χ1v) is 16.0. The van der Waals surface area contributed by atoms with Crippen molar-refractivity contribution in [3.8, 4) is 21.7 Å². The summed E-state index contributed by atoms with van der Waals surface area (Å²) in [5, 5.41) is 17.9. The Bertz CT molecular complexity index is 1870. The Hall–Kier alpha value is -3.50. The van der Waals surface area contributed by atoms with Crippen LogP contribution in [0.15, 0.2) is 48.5 Å². The summed E-state index contributed by atoms with van der Waals surface area (Å²) >= 11 is 7.83. The van der Waals surface area contributed by atoms with Gasteiger partial charge in [-0.05, 0) is 95.7 Å². The SMILES string of the molecule is Cc1cc2nc(-c3ccc4c(c3)c(N3CC[C@@H](N(C)C)C3)nn4C)sc2c(-c2ccc(Cl)cc2)c1C(OC(C)(C)C)C(=O)O. The van der Waals surface area contributed by atoms with Gasteiger partial charge >= 0.3 is 5.97 Å². The van der Waals surface area contributed by atoms with E-state index in [1.807, 2.05) is 69.8 Å². The smallest absolute Gasteiger partial charge is 0.337 e. The fourth-order valence-electron chi connectivity index (χ4n) is 6.13. The molecule has 0 saturated carbocycles. The molecule has 44 heavy (non-hydrogen) atoms. The Kier molecular flexibility index (Phi) is 7.94. The van der Waals surface area contributed by atoms with E-state index in [9.17, 15) is 9.90 Å². The Morgan fingerprint density at radius 1 is 1.14 bits per heavy atom. The molecular weight excluding hydrogens is 594 g/mol. The lowest BCUT2D eigenvalue weighted by Crippen LogP contribution is -2.31. The number of benzene rings is 3. The fourth-order valence-corrected chi connectivity index (χ4v) is 7.38. The Labute approximate surface area is 266 Å². The third kappa shape index (κ3) is 5.70. The van der Waals surface area contributed by atoms with Crippen molar-refractivity contribution < 1.29 is 14.6 Å². The van der Waals surface area contributed by atoms with Gasteiger partial charge in [-0.25, -0.2) is 9.78 Å². The molecule has 0 aliphatic carbocycles. The normalized spacial score (nSPS) is 16.5. The standard InChI is InChI=1S/C34H38ClN5O3S/c1-19-16-25-30(28(20-8-11-22(35)12-9-20)27(19)29(33(41)42)43-34(2,3)4)44-32(36-25)21-10-13-26-24(17-21)31(37-39(26)7)40-15-14-23(18-40)38(5)6/h8-13,16-17,23,29H,14-15,18H2,1-7H3,(H,41,42)/t23-,29?/m1/s1. The van der Waals surface area contributed by atoms with Crippen LogP contribution in [-0.2, 0) is 16.6 Å². The molecule has 10 heteroatoms. The van der Waals surface area contributed by atoms with Gasteiger partial charge in [-0.1, -0.05) is 23.7 Å². The van der Waals surface area contributed by atoms with Gasteiger partial charge < -0.3 is 19.6 Å². The number of fused-ring (bicyclic) bond motifs is 2. The first kappa shape index (κ1) is 30.5. The first-order chi connectivity index (χ1) is 20.8. The molecule has 1 aliphatic heterocycles. The average molecular weight is 632 g/mol. The highest BCUT2D eigenvalue weighted by Crippen LogP contribution is 2.45. The molecule has 6 rings (SSSR count). The third-order valence-electron chi connectivity index (χ3n) is 8.29. The Morgan fingerprint density at radius 2 is 1.84 bits per heavy atom. The van der Waals surface area contributed by atoms with Crippen molar-refractivity contribution in [3.05, 3.63) is 64.7 Å². The summed E-state index contributed by atoms with van der Waals surface area (Å²) in [6.07, 6.45) is -0.0509. The van der Waals surface area contributed by atoms with Crippen LogP contribution in [0.25, 0.3) is 42.8 Å². The van der Waals surface area contributed by atoms with Crippen molar-refractivity contribution >= 4 is 55.8 Å². The predicted octanol–water partition coefficient (Wildman–Crippen LogP) is 7.56. The van der Waals surface area contributed by atoms with Crippen molar-refractivity contribution in [2.24, 2.45) is 7.05 Å². The molecule has 3 heterocycles. The van der Waals surface area contributed by atoms with Crippen molar-refractivity contribution in [3.63, 3.8) is 0 Å². The molecule has 0 bridgehead atoms. The topological polar surface area (TPSA) is 83.7 Å². The molecule has 1 fully saturated rings. The minimum atomic E-state index is -1.16. The summed E-state index contributed by atoms with van der Waals surface area (Å²) in [7, 11) is 6.26. The van der Waals surface area contributed by atoms with Gasteiger partial charge in [0.25, 0.3) is 0 Å². The second-order valence-electron chi connectivity index (χ2n) is 12.8. The lowest BCUT2D eigenvalue weighted by atomic mass is 9.91. The Morgan fingerprint density at radius 3 is 2.48 bits per heavy atom. The first-order valence-electron chi connectivity index (χ1n) is 14.8. The van der Waals surface area contributed by atoms with Crippen molar-refractivity contribution in [1.29, 1.82) is 0 Å². The van der Waals surface area contributed by atoms with Crippen LogP contribution in [0.4, 0.5) is 5.82 Å². The molecule has 1 N–H and O–H groups in total. The molecule has 8 nitrogen and oxygen atoms in total. The van der Waals surface area contributed by atoms with Gasteiger partial charge in [0, 0.05) is 53.3 Å². The van der Waals surface area contributed by atoms with Crippen LogP contribution in [-0.4, -0.2) is 69.6 Å². The number of aromatic nitrogens is 3. The van der Waals surface area contributed by atoms with E-state index >= 15 is 0 Å². The van der Waals surface area contributed by atoms with Crippen molar-refractivity contribution in [2.45, 2.75) is 51.9 Å². The van der Waals surface area contributed by atoms with Crippen LogP contribution in [0, 0.1) is 6.92 Å². The van der Waals surface area contributed by atoms with Crippen LogP contribution >= 0.6 is 22.9 Å². The molecule has 2 atom stereocenters. The Balaban J connectivity index is 1.52. The number of rotatable bonds is 7. The van der Waals surface area contributed by atoms with E-state index in [-0.39, 0.29) is 0 Å². The van der Waals surface area contributed by atoms with E-state index in [0.717, 1.165) is 73.7 Å². The van der Waals surface area contributed by atoms with Crippen molar-refractivity contribution in [2.75, 3.05) is 32.1 Å². The van der Waals surface area contributed by atoms with E-state index in [4.69, 9.17) is 26.4 Å². The number of carbonyl (C=O) groups is 1. The molecule has 2 aromatic heterocycles. The second-order valence-corrected chi connectivity index (χ2v) is 14.3. The lowest BCUT2D eigenvalue weighted by molar-refractivity contribution is -0.160. The van der Waals surface area contributed by atoms with E-state index in [1.165, 1.54) is 0 Å². The maximum Gasteiger partial charge on any atom is 0.337 e. The second kappa shape index (κ2) is 11.5. The molecule has 0 amide bonds. The number of likely N-dealkylation sites (N-methyl/N-ethyl adjacent to an activating group) is 1. The highest BCUT2D eigenvalue weighted by atomic mass is 35.5. The highest BCUT2D eigenvalue weighted by Gasteiger charge is 2.33. The van der Waals surface area contributed by atoms with Crippen LogP contribution < -0.4 is 4.90 Å². The lowest BCUT2D eigenvalue weighted by Gasteiger charge is -2.28. The van der Waals surface area contributed by atoms with Crippen LogP contribution in [0.5, 0.6) is 0 Å². The molecule has 1 aliphatic rings. The van der Waals surface area contributed by atoms with E-state index in [1.54, 1.807) is 11.3 Å². The molecule has 5 aromatic rings. The molecular formula is C34H38ClN5O3S. The minimum absolute atomic E-state index is 0.500. The third-order valence-corrected chi connectivity index (χ3v) is 9.68. The number of thiazole rings is 1. The van der Waals surface area contributed by atoms with Gasteiger partial charge in [0.1, 0.15) is 5.01 Å². The van der Waals surface area contributed by atoms with Gasteiger partial charge in [-0.3, -0.25) is 4.68 Å². The molecule has 0 spiro atoms. The summed E-state index contributed by atoms with van der Waals surface area (Å²) in [6.45, 7) is 9.45. The summed E-state index contributed by atoms with van der Waals surface area (Å²) in [6, 6.07) is 16.4. The summed E-state index contributed by atoms with van der Waals surface area (Å²) in [5.41, 5.74) is 5.34. The van der Waals surface area contributed by atoms with Gasteiger partial charge in [-0.15, -0.1) is 11.3 Å². The predicted molar refractivity (Wildman–Crippen MR) is 180 cm³/mol. The van der Waals surface area contributed by atoms with E-state index < -0.39 is 17.7 Å². The number of hydrogen-bond donors (Lipinski definition) is 1. The summed E-state index contributed by atoms with van der Waals surface area (Å²) in [4.78, 5) is 22.4. The number of anilines is 1. The molecule has 230 valence electrons. The van der Waals surface area contributed by atoms with Gasteiger partial charge in [0.15, 0.2) is 11.9 Å². The monoisotopic (exact) mass is 631 g/mol. The number of carboxylic acid groups (broad SMARTS) is 1. The van der Waals surface area contributed by atoms with Crippen LogP contribution in [0.1, 0.15) is 44.4 Å². The number of aryl methyl sites for hydroxylation is 2. The van der Waals surface area contributed by atoms with Crippen molar-refractivity contribution in [1.82, 2.24) is 19.7 Å².